The van der Waals surface area contributed by atoms with Gasteiger partial charge in [0, 0.05) is 12.5 Å². The molecule has 0 amide bonds. The van der Waals surface area contributed by atoms with E-state index in [4.69, 9.17) is 9.47 Å². The van der Waals surface area contributed by atoms with E-state index in [0.717, 1.165) is 6.42 Å². The molecule has 2 aliphatic carbocycles. The minimum Gasteiger partial charge on any atom is -0.454 e. The van der Waals surface area contributed by atoms with Gasteiger partial charge in [-0.3, -0.25) is 9.52 Å². The summed E-state index contributed by atoms with van der Waals surface area (Å²) in [6, 6.07) is 4.92. The number of benzene rings is 1. The molecule has 1 heterocycles. The van der Waals surface area contributed by atoms with Gasteiger partial charge in [-0.05, 0) is 36.3 Å². The van der Waals surface area contributed by atoms with Gasteiger partial charge in [0.2, 0.25) is 16.8 Å². The molecule has 7 heteroatoms. The van der Waals surface area contributed by atoms with Gasteiger partial charge in [0.1, 0.15) is 5.78 Å². The van der Waals surface area contributed by atoms with Crippen molar-refractivity contribution in [2.45, 2.75) is 33.1 Å². The monoisotopic (exact) mass is 351 g/mol. The van der Waals surface area contributed by atoms with Gasteiger partial charge < -0.3 is 9.47 Å². The minimum absolute atomic E-state index is 0.0970. The van der Waals surface area contributed by atoms with Crippen LogP contribution < -0.4 is 14.2 Å². The summed E-state index contributed by atoms with van der Waals surface area (Å²) in [5.41, 5.74) is -0.610. The Labute approximate surface area is 141 Å². The van der Waals surface area contributed by atoms with Crippen molar-refractivity contribution in [1.82, 2.24) is 0 Å². The fraction of sp³-hybridized carbons (Fsp3) is 0.588. The molecule has 0 saturated heterocycles. The topological polar surface area (TPSA) is 81.7 Å². The van der Waals surface area contributed by atoms with Crippen molar-refractivity contribution in [3.8, 4) is 11.5 Å². The first-order chi connectivity index (χ1) is 11.2. The van der Waals surface area contributed by atoms with E-state index in [2.05, 4.69) is 4.72 Å². The molecule has 0 radical (unpaired) electrons. The number of rotatable bonds is 4. The molecule has 1 aromatic carbocycles. The van der Waals surface area contributed by atoms with E-state index in [9.17, 15) is 13.2 Å². The van der Waals surface area contributed by atoms with E-state index in [-0.39, 0.29) is 23.7 Å². The second kappa shape index (κ2) is 4.88. The van der Waals surface area contributed by atoms with Crippen LogP contribution in [0.1, 0.15) is 33.1 Å². The van der Waals surface area contributed by atoms with Crippen LogP contribution in [0.25, 0.3) is 0 Å². The summed E-state index contributed by atoms with van der Waals surface area (Å²) in [5.74, 6) is 1.36. The second-order valence-corrected chi connectivity index (χ2v) is 9.32. The maximum absolute atomic E-state index is 12.7. The van der Waals surface area contributed by atoms with E-state index < -0.39 is 15.4 Å². The maximum atomic E-state index is 12.7. The Morgan fingerprint density at radius 3 is 2.67 bits per heavy atom. The quantitative estimate of drug-likeness (QED) is 0.901. The Hall–Kier alpha value is -1.76. The highest BCUT2D eigenvalue weighted by Crippen LogP contribution is 2.64. The van der Waals surface area contributed by atoms with Crippen LogP contribution in [0.2, 0.25) is 0 Å². The molecule has 0 aromatic heterocycles. The van der Waals surface area contributed by atoms with Crippen LogP contribution >= 0.6 is 0 Å². The normalized spacial score (nSPS) is 29.9. The third-order valence-electron chi connectivity index (χ3n) is 6.22. The predicted molar refractivity (Wildman–Crippen MR) is 88.5 cm³/mol. The molecule has 0 spiro atoms. The number of hydrogen-bond acceptors (Lipinski definition) is 5. The molecule has 2 bridgehead atoms. The molecular weight excluding hydrogens is 330 g/mol. The van der Waals surface area contributed by atoms with E-state index in [1.807, 2.05) is 13.8 Å². The van der Waals surface area contributed by atoms with Crippen LogP contribution in [0.3, 0.4) is 0 Å². The number of carbonyl (C=O) groups excluding carboxylic acids is 1. The van der Waals surface area contributed by atoms with Crippen LogP contribution in [0, 0.1) is 16.7 Å². The van der Waals surface area contributed by atoms with E-state index in [1.165, 1.54) is 0 Å². The molecule has 130 valence electrons. The number of ketones is 1. The first kappa shape index (κ1) is 15.7. The van der Waals surface area contributed by atoms with Crippen molar-refractivity contribution < 1.29 is 22.7 Å². The van der Waals surface area contributed by atoms with Crippen LogP contribution in [0.15, 0.2) is 18.2 Å². The number of ether oxygens (including phenoxy) is 2. The van der Waals surface area contributed by atoms with Gasteiger partial charge in [-0.15, -0.1) is 0 Å². The summed E-state index contributed by atoms with van der Waals surface area (Å²) < 4.78 is 38.6. The summed E-state index contributed by atoms with van der Waals surface area (Å²) in [6.07, 6.45) is 2.09. The molecule has 4 rings (SSSR count). The van der Waals surface area contributed by atoms with Gasteiger partial charge in [-0.25, -0.2) is 8.42 Å². The lowest BCUT2D eigenvalue weighted by Gasteiger charge is -2.36. The number of fused-ring (bicyclic) bond motifs is 3. The molecule has 2 atom stereocenters. The SMILES string of the molecule is CC1(C)[C@@H]2CC[C@@]1(CS(=O)(=O)Nc1ccc3c(c1)OCO3)C(=O)C2. The average molecular weight is 351 g/mol. The number of sulfonamides is 1. The standard InChI is InChI=1S/C17H21NO5S/c1-16(2)11-5-6-17(16,15(19)7-11)9-24(20,21)18-12-3-4-13-14(8-12)23-10-22-13/h3-4,8,11,18H,5-7,9-10H2,1-2H3/t11-,17-/m1/s1. The van der Waals surface area contributed by atoms with Crippen LogP contribution in [-0.2, 0) is 14.8 Å². The fourth-order valence-electron chi connectivity index (χ4n) is 4.61. The van der Waals surface area contributed by atoms with Crippen LogP contribution in [0.4, 0.5) is 5.69 Å². The highest BCUT2D eigenvalue weighted by Gasteiger charge is 2.65. The number of Topliss-reactive ketones (excluding diaryl/α,β-unsaturated/α-hetero) is 1. The zero-order chi connectivity index (χ0) is 17.2. The van der Waals surface area contributed by atoms with Crippen molar-refractivity contribution in [2.24, 2.45) is 16.7 Å². The zero-order valence-corrected chi connectivity index (χ0v) is 14.6. The van der Waals surface area contributed by atoms with Crippen molar-refractivity contribution in [2.75, 3.05) is 17.3 Å². The van der Waals surface area contributed by atoms with Crippen LogP contribution in [0.5, 0.6) is 11.5 Å². The summed E-state index contributed by atoms with van der Waals surface area (Å²) in [5, 5.41) is 0. The predicted octanol–water partition coefficient (Wildman–Crippen LogP) is 2.55. The zero-order valence-electron chi connectivity index (χ0n) is 13.8. The molecule has 1 aliphatic heterocycles. The Morgan fingerprint density at radius 1 is 1.25 bits per heavy atom. The molecule has 24 heavy (non-hydrogen) atoms. The fourth-order valence-corrected chi connectivity index (χ4v) is 6.49. The van der Waals surface area contributed by atoms with Gasteiger partial charge in [-0.1, -0.05) is 13.8 Å². The summed E-state index contributed by atoms with van der Waals surface area (Å²) in [6.45, 7) is 4.20. The lowest BCUT2D eigenvalue weighted by molar-refractivity contribution is -0.128. The van der Waals surface area contributed by atoms with Gasteiger partial charge in [-0.2, -0.15) is 0 Å². The average Bonchev–Trinajstić information content (AvgIpc) is 3.08. The van der Waals surface area contributed by atoms with Gasteiger partial charge >= 0.3 is 0 Å². The van der Waals surface area contributed by atoms with E-state index in [1.54, 1.807) is 18.2 Å². The smallest absolute Gasteiger partial charge is 0.233 e. The molecular formula is C17H21NO5S. The maximum Gasteiger partial charge on any atom is 0.233 e. The lowest BCUT2D eigenvalue weighted by Crippen LogP contribution is -2.43. The lowest BCUT2D eigenvalue weighted by atomic mass is 9.70. The molecule has 2 fully saturated rings. The Balaban J connectivity index is 1.59. The van der Waals surface area contributed by atoms with Crippen molar-refractivity contribution in [3.63, 3.8) is 0 Å². The number of nitrogens with one attached hydrogen (secondary N) is 1. The highest BCUT2D eigenvalue weighted by molar-refractivity contribution is 7.92. The molecule has 2 saturated carbocycles. The summed E-state index contributed by atoms with van der Waals surface area (Å²) in [4.78, 5) is 12.5. The second-order valence-electron chi connectivity index (χ2n) is 7.60. The third kappa shape index (κ3) is 2.13. The minimum atomic E-state index is -3.65. The Bertz CT molecular complexity index is 816. The Morgan fingerprint density at radius 2 is 2.00 bits per heavy atom. The molecule has 0 unspecified atom stereocenters. The highest BCUT2D eigenvalue weighted by atomic mass is 32.2. The van der Waals surface area contributed by atoms with Crippen molar-refractivity contribution in [3.05, 3.63) is 18.2 Å². The number of hydrogen-bond donors (Lipinski definition) is 1. The van der Waals surface area contributed by atoms with Gasteiger partial charge in [0.05, 0.1) is 16.9 Å². The van der Waals surface area contributed by atoms with E-state index >= 15 is 0 Å². The van der Waals surface area contributed by atoms with E-state index in [0.29, 0.717) is 35.9 Å². The van der Waals surface area contributed by atoms with Crippen LogP contribution in [-0.4, -0.2) is 26.7 Å². The summed E-state index contributed by atoms with van der Waals surface area (Å²) in [7, 11) is -3.65. The first-order valence-electron chi connectivity index (χ1n) is 8.17. The van der Waals surface area contributed by atoms with Crippen molar-refractivity contribution in [1.29, 1.82) is 0 Å². The van der Waals surface area contributed by atoms with Gasteiger partial charge in [0.15, 0.2) is 11.5 Å². The Kier molecular flexibility index (Phi) is 3.20. The molecule has 1 N–H and O–H groups in total. The number of anilines is 1. The molecule has 6 nitrogen and oxygen atoms in total. The first-order valence-corrected chi connectivity index (χ1v) is 9.82. The largest absolute Gasteiger partial charge is 0.454 e. The van der Waals surface area contributed by atoms with Gasteiger partial charge in [0.25, 0.3) is 0 Å². The summed E-state index contributed by atoms with van der Waals surface area (Å²) >= 11 is 0. The number of carbonyl (C=O) groups is 1. The molecule has 3 aliphatic rings. The third-order valence-corrected chi connectivity index (χ3v) is 7.64. The van der Waals surface area contributed by atoms with Crippen molar-refractivity contribution >= 4 is 21.5 Å². The molecule has 1 aromatic rings.